The molecule has 1 fully saturated rings. The predicted molar refractivity (Wildman–Crippen MR) is 80.4 cm³/mol. The van der Waals surface area contributed by atoms with Gasteiger partial charge in [-0.25, -0.2) is 0 Å². The molecular weight excluding hydrogens is 270 g/mol. The molecule has 1 amide bonds. The van der Waals surface area contributed by atoms with Gasteiger partial charge in [-0.1, -0.05) is 23.4 Å². The van der Waals surface area contributed by atoms with E-state index in [0.29, 0.717) is 26.0 Å². The molecule has 1 saturated heterocycles. The van der Waals surface area contributed by atoms with Crippen molar-refractivity contribution in [3.05, 3.63) is 30.3 Å². The van der Waals surface area contributed by atoms with E-state index in [4.69, 9.17) is 15.7 Å². The SMILES string of the molecule is CC1(C(=O)N(CC/C(N)=N/O)c2ccccc2)CCCO1. The Bertz CT molecular complexity index is 510. The summed E-state index contributed by atoms with van der Waals surface area (Å²) in [5, 5.41) is 11.6. The number of ether oxygens (including phenoxy) is 1. The maximum Gasteiger partial charge on any atom is 0.258 e. The van der Waals surface area contributed by atoms with Crippen molar-refractivity contribution < 1.29 is 14.7 Å². The van der Waals surface area contributed by atoms with Crippen LogP contribution in [0.15, 0.2) is 35.5 Å². The number of carbonyl (C=O) groups excluding carboxylic acids is 1. The van der Waals surface area contributed by atoms with Crippen LogP contribution in [0.5, 0.6) is 0 Å². The van der Waals surface area contributed by atoms with Gasteiger partial charge in [-0.15, -0.1) is 0 Å². The zero-order valence-electron chi connectivity index (χ0n) is 12.2. The number of benzene rings is 1. The quantitative estimate of drug-likeness (QED) is 0.374. The van der Waals surface area contributed by atoms with Crippen LogP contribution in [0.2, 0.25) is 0 Å². The minimum atomic E-state index is -0.791. The summed E-state index contributed by atoms with van der Waals surface area (Å²) in [5.74, 6) is 0.0122. The molecule has 1 atom stereocenters. The molecule has 3 N–H and O–H groups in total. The molecule has 0 saturated carbocycles. The van der Waals surface area contributed by atoms with Gasteiger partial charge in [-0.2, -0.15) is 0 Å². The summed E-state index contributed by atoms with van der Waals surface area (Å²) < 4.78 is 5.64. The van der Waals surface area contributed by atoms with Gasteiger partial charge in [0.15, 0.2) is 0 Å². The zero-order chi connectivity index (χ0) is 15.3. The Labute approximate surface area is 124 Å². The average molecular weight is 291 g/mol. The Hall–Kier alpha value is -2.08. The van der Waals surface area contributed by atoms with E-state index < -0.39 is 5.60 Å². The van der Waals surface area contributed by atoms with Gasteiger partial charge in [0.25, 0.3) is 5.91 Å². The van der Waals surface area contributed by atoms with Gasteiger partial charge in [-0.3, -0.25) is 4.79 Å². The van der Waals surface area contributed by atoms with Crippen molar-refractivity contribution in [1.82, 2.24) is 0 Å². The first-order chi connectivity index (χ1) is 10.1. The van der Waals surface area contributed by atoms with Crippen molar-refractivity contribution in [2.45, 2.75) is 31.8 Å². The minimum Gasteiger partial charge on any atom is -0.409 e. The van der Waals surface area contributed by atoms with Gasteiger partial charge in [-0.05, 0) is 31.9 Å². The number of anilines is 1. The van der Waals surface area contributed by atoms with E-state index in [0.717, 1.165) is 12.1 Å². The fraction of sp³-hybridized carbons (Fsp3) is 0.467. The second-order valence-corrected chi connectivity index (χ2v) is 5.32. The Kier molecular flexibility index (Phi) is 4.80. The Balaban J connectivity index is 2.21. The summed E-state index contributed by atoms with van der Waals surface area (Å²) in [6.45, 7) is 2.77. The summed E-state index contributed by atoms with van der Waals surface area (Å²) in [4.78, 5) is 14.5. The number of para-hydroxylation sites is 1. The Morgan fingerprint density at radius 1 is 1.48 bits per heavy atom. The fourth-order valence-corrected chi connectivity index (χ4v) is 2.47. The van der Waals surface area contributed by atoms with Crippen molar-refractivity contribution in [3.63, 3.8) is 0 Å². The highest BCUT2D eigenvalue weighted by Crippen LogP contribution is 2.29. The minimum absolute atomic E-state index is 0.0862. The summed E-state index contributed by atoms with van der Waals surface area (Å²) in [6, 6.07) is 9.36. The lowest BCUT2D eigenvalue weighted by Gasteiger charge is -2.31. The second kappa shape index (κ2) is 6.58. The zero-order valence-corrected chi connectivity index (χ0v) is 12.2. The van der Waals surface area contributed by atoms with Crippen LogP contribution in [0.3, 0.4) is 0 Å². The van der Waals surface area contributed by atoms with E-state index in [1.165, 1.54) is 0 Å². The van der Waals surface area contributed by atoms with E-state index in [1.54, 1.807) is 4.90 Å². The number of nitrogens with zero attached hydrogens (tertiary/aromatic N) is 2. The lowest BCUT2D eigenvalue weighted by molar-refractivity contribution is -0.136. The molecule has 1 heterocycles. The number of carbonyl (C=O) groups is 1. The van der Waals surface area contributed by atoms with Gasteiger partial charge >= 0.3 is 0 Å². The molecular formula is C15H21N3O3. The van der Waals surface area contributed by atoms with E-state index in [9.17, 15) is 4.79 Å². The number of hydrogen-bond donors (Lipinski definition) is 2. The second-order valence-electron chi connectivity index (χ2n) is 5.32. The monoisotopic (exact) mass is 291 g/mol. The number of amidine groups is 1. The fourth-order valence-electron chi connectivity index (χ4n) is 2.47. The number of nitrogens with two attached hydrogens (primary N) is 1. The predicted octanol–water partition coefficient (Wildman–Crippen LogP) is 1.73. The van der Waals surface area contributed by atoms with E-state index in [2.05, 4.69) is 5.16 Å². The maximum atomic E-state index is 12.8. The van der Waals surface area contributed by atoms with Crippen LogP contribution < -0.4 is 10.6 Å². The summed E-state index contributed by atoms with van der Waals surface area (Å²) in [5.41, 5.74) is 5.51. The van der Waals surface area contributed by atoms with Gasteiger partial charge in [0.2, 0.25) is 0 Å². The highest BCUT2D eigenvalue weighted by Gasteiger charge is 2.41. The highest BCUT2D eigenvalue weighted by molar-refractivity contribution is 6.00. The lowest BCUT2D eigenvalue weighted by atomic mass is 10.0. The third-order valence-corrected chi connectivity index (χ3v) is 3.70. The van der Waals surface area contributed by atoms with Gasteiger partial charge in [0.1, 0.15) is 11.4 Å². The van der Waals surface area contributed by atoms with Crippen molar-refractivity contribution in [2.24, 2.45) is 10.9 Å². The number of oxime groups is 1. The van der Waals surface area contributed by atoms with E-state index in [-0.39, 0.29) is 11.7 Å². The summed E-state index contributed by atoms with van der Waals surface area (Å²) in [6.07, 6.45) is 1.89. The molecule has 2 rings (SSSR count). The average Bonchev–Trinajstić information content (AvgIpc) is 2.96. The van der Waals surface area contributed by atoms with Gasteiger partial charge in [0, 0.05) is 25.3 Å². The van der Waals surface area contributed by atoms with Gasteiger partial charge < -0.3 is 20.6 Å². The third kappa shape index (κ3) is 3.52. The molecule has 6 nitrogen and oxygen atoms in total. The van der Waals surface area contributed by atoms with E-state index >= 15 is 0 Å². The maximum absolute atomic E-state index is 12.8. The van der Waals surface area contributed by atoms with Crippen molar-refractivity contribution in [1.29, 1.82) is 0 Å². The van der Waals surface area contributed by atoms with Crippen molar-refractivity contribution in [2.75, 3.05) is 18.1 Å². The van der Waals surface area contributed by atoms with Crippen LogP contribution in [0, 0.1) is 0 Å². The standard InChI is InChI=1S/C15H21N3O3/c1-15(9-5-11-21-15)14(19)18(10-8-13(16)17-20)12-6-3-2-4-7-12/h2-4,6-7,20H,5,8-11H2,1H3,(H2,16,17). The molecule has 0 aliphatic carbocycles. The number of hydrogen-bond acceptors (Lipinski definition) is 4. The third-order valence-electron chi connectivity index (χ3n) is 3.70. The van der Waals surface area contributed by atoms with Gasteiger partial charge in [0.05, 0.1) is 0 Å². The van der Waals surface area contributed by atoms with Crippen LogP contribution >= 0.6 is 0 Å². The molecule has 1 aromatic carbocycles. The molecule has 21 heavy (non-hydrogen) atoms. The molecule has 0 spiro atoms. The Morgan fingerprint density at radius 3 is 2.76 bits per heavy atom. The molecule has 0 radical (unpaired) electrons. The normalized spacial score (nSPS) is 22.2. The molecule has 0 bridgehead atoms. The van der Waals surface area contributed by atoms with E-state index in [1.807, 2.05) is 37.3 Å². The summed E-state index contributed by atoms with van der Waals surface area (Å²) >= 11 is 0. The van der Waals surface area contributed by atoms with Crippen LogP contribution in [0.4, 0.5) is 5.69 Å². The summed E-state index contributed by atoms with van der Waals surface area (Å²) in [7, 11) is 0. The smallest absolute Gasteiger partial charge is 0.258 e. The first-order valence-corrected chi connectivity index (χ1v) is 7.04. The van der Waals surface area contributed by atoms with Crippen LogP contribution in [-0.2, 0) is 9.53 Å². The molecule has 114 valence electrons. The topological polar surface area (TPSA) is 88.2 Å². The molecule has 1 unspecified atom stereocenters. The first kappa shape index (κ1) is 15.3. The Morgan fingerprint density at radius 2 is 2.19 bits per heavy atom. The number of rotatable bonds is 5. The molecule has 0 aromatic heterocycles. The molecule has 6 heteroatoms. The molecule has 1 aliphatic rings. The first-order valence-electron chi connectivity index (χ1n) is 7.04. The van der Waals surface area contributed by atoms with Crippen molar-refractivity contribution in [3.8, 4) is 0 Å². The number of amides is 1. The van der Waals surface area contributed by atoms with Crippen LogP contribution in [0.1, 0.15) is 26.2 Å². The largest absolute Gasteiger partial charge is 0.409 e. The van der Waals surface area contributed by atoms with Crippen LogP contribution in [-0.4, -0.2) is 35.7 Å². The lowest BCUT2D eigenvalue weighted by Crippen LogP contribution is -2.48. The van der Waals surface area contributed by atoms with Crippen molar-refractivity contribution >= 4 is 17.4 Å². The highest BCUT2D eigenvalue weighted by atomic mass is 16.5. The van der Waals surface area contributed by atoms with Crippen LogP contribution in [0.25, 0.3) is 0 Å². The molecule has 1 aromatic rings. The molecule has 1 aliphatic heterocycles.